The van der Waals surface area contributed by atoms with Crippen LogP contribution < -0.4 is 15.8 Å². The van der Waals surface area contributed by atoms with Crippen molar-refractivity contribution in [1.82, 2.24) is 14.9 Å². The Kier molecular flexibility index (Phi) is 4.11. The lowest BCUT2D eigenvalue weighted by atomic mass is 10.1. The van der Waals surface area contributed by atoms with Gasteiger partial charge in [0.2, 0.25) is 5.95 Å². The lowest BCUT2D eigenvalue weighted by Crippen LogP contribution is -2.46. The van der Waals surface area contributed by atoms with E-state index >= 15 is 0 Å². The molecule has 4 rings (SSSR count). The Labute approximate surface area is 140 Å². The molecule has 23 heavy (non-hydrogen) atoms. The summed E-state index contributed by atoms with van der Waals surface area (Å²) < 4.78 is 1.88. The number of thiophene rings is 1. The van der Waals surface area contributed by atoms with Crippen molar-refractivity contribution in [2.75, 3.05) is 31.1 Å². The van der Waals surface area contributed by atoms with Crippen LogP contribution in [0.25, 0.3) is 10.2 Å². The second kappa shape index (κ2) is 6.24. The lowest BCUT2D eigenvalue weighted by molar-refractivity contribution is 0.561. The van der Waals surface area contributed by atoms with Gasteiger partial charge in [-0.25, -0.2) is 4.98 Å². The number of hydrogen-bond acceptors (Lipinski definition) is 5. The van der Waals surface area contributed by atoms with Crippen LogP contribution in [0.15, 0.2) is 4.79 Å². The minimum absolute atomic E-state index is 0.172. The van der Waals surface area contributed by atoms with Gasteiger partial charge in [0.25, 0.3) is 5.56 Å². The Hall–Kier alpha value is -1.40. The fourth-order valence-electron chi connectivity index (χ4n) is 3.80. The molecule has 1 aliphatic carbocycles. The number of aryl methyl sites for hydroxylation is 2. The predicted molar refractivity (Wildman–Crippen MR) is 95.9 cm³/mol. The molecule has 0 amide bonds. The van der Waals surface area contributed by atoms with Crippen molar-refractivity contribution in [3.05, 3.63) is 20.8 Å². The van der Waals surface area contributed by atoms with E-state index in [-0.39, 0.29) is 5.56 Å². The van der Waals surface area contributed by atoms with E-state index in [2.05, 4.69) is 10.2 Å². The smallest absolute Gasteiger partial charge is 0.263 e. The molecule has 0 spiro atoms. The first-order valence-corrected chi connectivity index (χ1v) is 9.62. The van der Waals surface area contributed by atoms with Crippen LogP contribution in [0.4, 0.5) is 5.95 Å². The number of aromatic nitrogens is 2. The van der Waals surface area contributed by atoms with Crippen molar-refractivity contribution < 1.29 is 0 Å². The first-order chi connectivity index (χ1) is 11.3. The number of anilines is 1. The third kappa shape index (κ3) is 2.58. The fourth-order valence-corrected chi connectivity index (χ4v) is 5.04. The molecule has 0 saturated carbocycles. The van der Waals surface area contributed by atoms with Gasteiger partial charge in [0, 0.05) is 37.6 Å². The summed E-state index contributed by atoms with van der Waals surface area (Å²) in [5.41, 5.74) is 1.47. The molecule has 6 heteroatoms. The molecule has 1 N–H and O–H groups in total. The Morgan fingerprint density at radius 3 is 2.74 bits per heavy atom. The van der Waals surface area contributed by atoms with E-state index in [9.17, 15) is 4.79 Å². The summed E-state index contributed by atoms with van der Waals surface area (Å²) in [7, 11) is 0. The number of nitrogens with one attached hydrogen (secondary N) is 1. The summed E-state index contributed by atoms with van der Waals surface area (Å²) in [5.74, 6) is 0.864. The van der Waals surface area contributed by atoms with E-state index in [1.165, 1.54) is 29.7 Å². The predicted octanol–water partition coefficient (Wildman–Crippen LogP) is 2.16. The van der Waals surface area contributed by atoms with Gasteiger partial charge in [-0.05, 0) is 38.2 Å². The molecule has 0 aromatic carbocycles. The van der Waals surface area contributed by atoms with Crippen LogP contribution in [0.1, 0.15) is 36.6 Å². The first-order valence-electron chi connectivity index (χ1n) is 8.80. The zero-order valence-electron chi connectivity index (χ0n) is 13.7. The largest absolute Gasteiger partial charge is 0.340 e. The first kappa shape index (κ1) is 15.1. The van der Waals surface area contributed by atoms with Gasteiger partial charge in [0.1, 0.15) is 4.83 Å². The van der Waals surface area contributed by atoms with Crippen molar-refractivity contribution >= 4 is 27.5 Å². The maximum absolute atomic E-state index is 13.2. The molecule has 1 saturated heterocycles. The Bertz CT molecular complexity index is 773. The molecule has 3 heterocycles. The molecule has 0 atom stereocenters. The van der Waals surface area contributed by atoms with Crippen LogP contribution in [0.5, 0.6) is 0 Å². The van der Waals surface area contributed by atoms with Gasteiger partial charge in [0.05, 0.1) is 5.39 Å². The number of hydrogen-bond donors (Lipinski definition) is 1. The van der Waals surface area contributed by atoms with Crippen LogP contribution >= 0.6 is 11.3 Å². The Morgan fingerprint density at radius 2 is 1.96 bits per heavy atom. The lowest BCUT2D eigenvalue weighted by Gasteiger charge is -2.29. The van der Waals surface area contributed by atoms with E-state index in [1.54, 1.807) is 11.3 Å². The molecule has 1 aliphatic heterocycles. The molecule has 0 unspecified atom stereocenters. The van der Waals surface area contributed by atoms with E-state index in [1.807, 2.05) is 11.5 Å². The zero-order valence-corrected chi connectivity index (χ0v) is 14.5. The quantitative estimate of drug-likeness (QED) is 0.856. The number of nitrogens with zero attached hydrogens (tertiary/aromatic N) is 3. The standard InChI is InChI=1S/C17H24N4OS/c1-2-21-16(22)14-12-6-4-3-5-7-13(12)23-15(14)19-17(21)20-10-8-18-9-11-20/h18H,2-11H2,1H3. The van der Waals surface area contributed by atoms with E-state index in [4.69, 9.17) is 4.98 Å². The second-order valence-corrected chi connectivity index (χ2v) is 7.53. The third-order valence-electron chi connectivity index (χ3n) is 5.02. The highest BCUT2D eigenvalue weighted by atomic mass is 32.1. The highest BCUT2D eigenvalue weighted by molar-refractivity contribution is 7.18. The summed E-state index contributed by atoms with van der Waals surface area (Å²) in [6.45, 7) is 6.49. The molecule has 5 nitrogen and oxygen atoms in total. The number of rotatable bonds is 2. The maximum atomic E-state index is 13.2. The summed E-state index contributed by atoms with van der Waals surface area (Å²) in [6.07, 6.45) is 5.88. The van der Waals surface area contributed by atoms with Crippen LogP contribution in [-0.4, -0.2) is 35.7 Å². The van der Waals surface area contributed by atoms with Crippen molar-refractivity contribution in [3.8, 4) is 0 Å². The number of piperazine rings is 1. The van der Waals surface area contributed by atoms with E-state index in [0.717, 1.165) is 55.2 Å². The summed E-state index contributed by atoms with van der Waals surface area (Å²) >= 11 is 1.76. The van der Waals surface area contributed by atoms with Crippen molar-refractivity contribution in [1.29, 1.82) is 0 Å². The third-order valence-corrected chi connectivity index (χ3v) is 6.21. The fraction of sp³-hybridized carbons (Fsp3) is 0.647. The van der Waals surface area contributed by atoms with Crippen LogP contribution in [0.2, 0.25) is 0 Å². The van der Waals surface area contributed by atoms with Crippen LogP contribution in [-0.2, 0) is 19.4 Å². The van der Waals surface area contributed by atoms with Gasteiger partial charge < -0.3 is 10.2 Å². The highest BCUT2D eigenvalue weighted by Gasteiger charge is 2.23. The number of fused-ring (bicyclic) bond motifs is 3. The summed E-state index contributed by atoms with van der Waals surface area (Å²) in [4.78, 5) is 22.7. The van der Waals surface area contributed by atoms with Crippen molar-refractivity contribution in [2.24, 2.45) is 0 Å². The monoisotopic (exact) mass is 332 g/mol. The zero-order chi connectivity index (χ0) is 15.8. The van der Waals surface area contributed by atoms with E-state index < -0.39 is 0 Å². The Morgan fingerprint density at radius 1 is 1.17 bits per heavy atom. The summed E-state index contributed by atoms with van der Waals surface area (Å²) in [5, 5.41) is 4.28. The SMILES string of the molecule is CCn1c(N2CCNCC2)nc2sc3c(c2c1=O)CCCCC3. The molecule has 2 aromatic heterocycles. The molecule has 0 bridgehead atoms. The van der Waals surface area contributed by atoms with E-state index in [0.29, 0.717) is 6.54 Å². The van der Waals surface area contributed by atoms with Crippen molar-refractivity contribution in [2.45, 2.75) is 45.6 Å². The molecule has 124 valence electrons. The highest BCUT2D eigenvalue weighted by Crippen LogP contribution is 2.34. The van der Waals surface area contributed by atoms with Gasteiger partial charge in [-0.2, -0.15) is 0 Å². The maximum Gasteiger partial charge on any atom is 0.263 e. The topological polar surface area (TPSA) is 50.2 Å². The molecule has 2 aromatic rings. The molecular weight excluding hydrogens is 308 g/mol. The van der Waals surface area contributed by atoms with Crippen molar-refractivity contribution in [3.63, 3.8) is 0 Å². The molecule has 2 aliphatic rings. The molecule has 0 radical (unpaired) electrons. The van der Waals surface area contributed by atoms with Gasteiger partial charge in [0.15, 0.2) is 0 Å². The van der Waals surface area contributed by atoms with Crippen LogP contribution in [0.3, 0.4) is 0 Å². The minimum atomic E-state index is 0.172. The van der Waals surface area contributed by atoms with Gasteiger partial charge in [-0.15, -0.1) is 11.3 Å². The van der Waals surface area contributed by atoms with Crippen LogP contribution in [0, 0.1) is 0 Å². The molecule has 1 fully saturated rings. The second-order valence-electron chi connectivity index (χ2n) is 6.44. The van der Waals surface area contributed by atoms with Gasteiger partial charge >= 0.3 is 0 Å². The van der Waals surface area contributed by atoms with Gasteiger partial charge in [-0.1, -0.05) is 6.42 Å². The van der Waals surface area contributed by atoms with Gasteiger partial charge in [-0.3, -0.25) is 9.36 Å². The minimum Gasteiger partial charge on any atom is -0.340 e. The summed E-state index contributed by atoms with van der Waals surface area (Å²) in [6, 6.07) is 0. The average molecular weight is 332 g/mol. The Balaban J connectivity index is 1.90. The molecular formula is C17H24N4OS. The normalized spacial score (nSPS) is 18.9. The average Bonchev–Trinajstić information content (AvgIpc) is 2.77.